The molecule has 1 atom stereocenters. The minimum atomic E-state index is -1.01. The third-order valence-corrected chi connectivity index (χ3v) is 5.80. The molecule has 2 N–H and O–H groups in total. The van der Waals surface area contributed by atoms with Crippen LogP contribution in [0.15, 0.2) is 91.0 Å². The van der Waals surface area contributed by atoms with Crippen molar-refractivity contribution in [2.75, 3.05) is 7.11 Å². The smallest absolute Gasteiger partial charge is 0.363 e. The van der Waals surface area contributed by atoms with E-state index in [4.69, 9.17) is 21.2 Å². The lowest BCUT2D eigenvalue weighted by atomic mass is 9.84. The van der Waals surface area contributed by atoms with Crippen LogP contribution in [-0.4, -0.2) is 28.0 Å². The maximum atomic E-state index is 12.5. The van der Waals surface area contributed by atoms with Crippen LogP contribution in [0.2, 0.25) is 0 Å². The third kappa shape index (κ3) is 3.88. The van der Waals surface area contributed by atoms with E-state index in [0.717, 1.165) is 22.4 Å². The summed E-state index contributed by atoms with van der Waals surface area (Å²) in [5.41, 5.74) is 2.68. The molecule has 1 aromatic heterocycles. The van der Waals surface area contributed by atoms with Gasteiger partial charge in [-0.25, -0.2) is 4.79 Å². The highest BCUT2D eigenvalue weighted by Gasteiger charge is 2.34. The molecule has 7 heteroatoms. The SMILES string of the molecule is COc1ccc(C(Cl)(c2ccccc2)c2ccc(C(=O)On3c(O)ccc3O)cc2)cc1. The normalized spacial score (nSPS) is 12.7. The van der Waals surface area contributed by atoms with Crippen molar-refractivity contribution in [2.24, 2.45) is 0 Å². The minimum Gasteiger partial charge on any atom is -0.497 e. The van der Waals surface area contributed by atoms with Gasteiger partial charge in [0.05, 0.1) is 12.7 Å². The van der Waals surface area contributed by atoms with Crippen molar-refractivity contribution in [2.45, 2.75) is 4.87 Å². The number of halogens is 1. The molecule has 1 heterocycles. The third-order valence-electron chi connectivity index (χ3n) is 5.15. The first kappa shape index (κ1) is 21.3. The molecule has 0 aliphatic heterocycles. The Bertz CT molecular complexity index is 1200. The lowest BCUT2D eigenvalue weighted by molar-refractivity contribution is 0.0381. The average molecular weight is 450 g/mol. The van der Waals surface area contributed by atoms with Gasteiger partial charge >= 0.3 is 5.97 Å². The summed E-state index contributed by atoms with van der Waals surface area (Å²) in [6, 6.07) is 26.2. The van der Waals surface area contributed by atoms with Gasteiger partial charge in [-0.15, -0.1) is 16.3 Å². The summed E-state index contributed by atoms with van der Waals surface area (Å²) in [5.74, 6) is -0.815. The highest BCUT2D eigenvalue weighted by atomic mass is 35.5. The number of aromatic hydroxyl groups is 2. The van der Waals surface area contributed by atoms with E-state index in [2.05, 4.69) is 0 Å². The van der Waals surface area contributed by atoms with Gasteiger partial charge in [-0.05, 0) is 41.0 Å². The molecule has 6 nitrogen and oxygen atoms in total. The molecule has 3 aromatic carbocycles. The van der Waals surface area contributed by atoms with Crippen molar-refractivity contribution in [1.82, 2.24) is 4.73 Å². The first-order valence-corrected chi connectivity index (χ1v) is 10.1. The number of hydrogen-bond donors (Lipinski definition) is 2. The Morgan fingerprint density at radius 2 is 1.28 bits per heavy atom. The van der Waals surface area contributed by atoms with Crippen LogP contribution in [0.4, 0.5) is 0 Å². The van der Waals surface area contributed by atoms with Gasteiger partial charge in [-0.1, -0.05) is 54.6 Å². The summed E-state index contributed by atoms with van der Waals surface area (Å²) in [5, 5.41) is 19.3. The standard InChI is InChI=1S/C25H20ClNO5/c1-31-21-13-11-20(12-14-21)25(26,18-5-3-2-4-6-18)19-9-7-17(8-10-19)24(30)32-27-22(28)15-16-23(27)29/h2-16,28-29H,1H3. The number of carbonyl (C=O) groups is 1. The summed E-state index contributed by atoms with van der Waals surface area (Å²) in [7, 11) is 1.60. The number of alkyl halides is 1. The molecule has 1 unspecified atom stereocenters. The fraction of sp³-hybridized carbons (Fsp3) is 0.0800. The molecular formula is C25H20ClNO5. The van der Waals surface area contributed by atoms with E-state index >= 15 is 0 Å². The Balaban J connectivity index is 1.70. The fourth-order valence-corrected chi connectivity index (χ4v) is 3.83. The predicted molar refractivity (Wildman–Crippen MR) is 120 cm³/mol. The van der Waals surface area contributed by atoms with Gasteiger partial charge < -0.3 is 19.8 Å². The second-order valence-electron chi connectivity index (χ2n) is 7.05. The molecule has 32 heavy (non-hydrogen) atoms. The summed E-state index contributed by atoms with van der Waals surface area (Å²) in [4.78, 5) is 16.5. The molecule has 0 saturated heterocycles. The fourth-order valence-electron chi connectivity index (χ4n) is 3.46. The molecule has 0 radical (unpaired) electrons. The van der Waals surface area contributed by atoms with Crippen molar-refractivity contribution in [1.29, 1.82) is 0 Å². The zero-order valence-electron chi connectivity index (χ0n) is 17.1. The van der Waals surface area contributed by atoms with E-state index in [1.807, 2.05) is 54.6 Å². The van der Waals surface area contributed by atoms with Gasteiger partial charge in [0.15, 0.2) is 0 Å². The van der Waals surface area contributed by atoms with E-state index in [1.165, 1.54) is 12.1 Å². The van der Waals surface area contributed by atoms with Crippen LogP contribution >= 0.6 is 11.6 Å². The number of ether oxygens (including phenoxy) is 1. The van der Waals surface area contributed by atoms with Crippen LogP contribution in [0, 0.1) is 0 Å². The molecule has 0 aliphatic rings. The summed E-state index contributed by atoms with van der Waals surface area (Å²) < 4.78 is 5.91. The van der Waals surface area contributed by atoms with Crippen molar-refractivity contribution in [3.63, 3.8) is 0 Å². The number of rotatable bonds is 6. The zero-order chi connectivity index (χ0) is 22.7. The van der Waals surface area contributed by atoms with Crippen LogP contribution in [0.1, 0.15) is 27.0 Å². The first-order valence-electron chi connectivity index (χ1n) is 9.75. The van der Waals surface area contributed by atoms with Gasteiger partial charge in [0.2, 0.25) is 11.8 Å². The minimum absolute atomic E-state index is 0.225. The molecule has 162 valence electrons. The number of nitrogens with zero attached hydrogens (tertiary/aromatic N) is 1. The van der Waals surface area contributed by atoms with E-state index in [1.54, 1.807) is 31.4 Å². The van der Waals surface area contributed by atoms with Crippen LogP contribution in [0.25, 0.3) is 0 Å². The summed E-state index contributed by atoms with van der Waals surface area (Å²) in [6.07, 6.45) is 0. The molecule has 0 bridgehead atoms. The topological polar surface area (TPSA) is 80.9 Å². The van der Waals surface area contributed by atoms with Gasteiger partial charge in [0.25, 0.3) is 0 Å². The molecule has 0 saturated carbocycles. The Morgan fingerprint density at radius 3 is 1.81 bits per heavy atom. The number of carbonyl (C=O) groups excluding carboxylic acids is 1. The molecule has 0 spiro atoms. The van der Waals surface area contributed by atoms with Crippen molar-refractivity contribution in [3.8, 4) is 17.5 Å². The Kier molecular flexibility index (Phi) is 5.79. The highest BCUT2D eigenvalue weighted by Crippen LogP contribution is 2.43. The van der Waals surface area contributed by atoms with E-state index < -0.39 is 22.6 Å². The van der Waals surface area contributed by atoms with E-state index in [-0.39, 0.29) is 5.56 Å². The van der Waals surface area contributed by atoms with Gasteiger partial charge in [0.1, 0.15) is 10.6 Å². The van der Waals surface area contributed by atoms with E-state index in [9.17, 15) is 15.0 Å². The maximum absolute atomic E-state index is 12.5. The number of methoxy groups -OCH3 is 1. The second kappa shape index (κ2) is 8.69. The zero-order valence-corrected chi connectivity index (χ0v) is 17.9. The predicted octanol–water partition coefficient (Wildman–Crippen LogP) is 4.71. The molecular weight excluding hydrogens is 430 g/mol. The first-order chi connectivity index (χ1) is 15.4. The van der Waals surface area contributed by atoms with Gasteiger partial charge in [0, 0.05) is 12.1 Å². The number of aromatic nitrogens is 1. The van der Waals surface area contributed by atoms with Crippen molar-refractivity contribution < 1.29 is 24.6 Å². The molecule has 0 aliphatic carbocycles. The molecule has 4 aromatic rings. The monoisotopic (exact) mass is 449 g/mol. The number of benzene rings is 3. The number of hydrogen-bond acceptors (Lipinski definition) is 5. The van der Waals surface area contributed by atoms with Crippen molar-refractivity contribution >= 4 is 17.6 Å². The molecule has 0 amide bonds. The van der Waals surface area contributed by atoms with E-state index in [0.29, 0.717) is 4.73 Å². The van der Waals surface area contributed by atoms with Gasteiger partial charge in [-0.2, -0.15) is 0 Å². The average Bonchev–Trinajstić information content (AvgIpc) is 3.16. The lowest BCUT2D eigenvalue weighted by Crippen LogP contribution is -2.23. The quantitative estimate of drug-likeness (QED) is 0.329. The second-order valence-corrected chi connectivity index (χ2v) is 7.62. The Labute approximate surface area is 189 Å². The van der Waals surface area contributed by atoms with Crippen LogP contribution < -0.4 is 9.57 Å². The summed E-state index contributed by atoms with van der Waals surface area (Å²) in [6.45, 7) is 0. The lowest BCUT2D eigenvalue weighted by Gasteiger charge is -2.29. The van der Waals surface area contributed by atoms with Gasteiger partial charge in [-0.3, -0.25) is 0 Å². The molecule has 0 fully saturated rings. The van der Waals surface area contributed by atoms with Crippen LogP contribution in [0.5, 0.6) is 17.5 Å². The largest absolute Gasteiger partial charge is 0.497 e. The molecule has 4 rings (SSSR count). The Morgan fingerprint density at radius 1 is 0.781 bits per heavy atom. The highest BCUT2D eigenvalue weighted by molar-refractivity contribution is 6.28. The van der Waals surface area contributed by atoms with Crippen LogP contribution in [0.3, 0.4) is 0 Å². The van der Waals surface area contributed by atoms with Crippen molar-refractivity contribution in [3.05, 3.63) is 113 Å². The maximum Gasteiger partial charge on any atom is 0.363 e. The Hall–Kier alpha value is -3.90. The van der Waals surface area contributed by atoms with Crippen LogP contribution in [-0.2, 0) is 4.87 Å². The summed E-state index contributed by atoms with van der Waals surface area (Å²) >= 11 is 7.27.